The van der Waals surface area contributed by atoms with Gasteiger partial charge in [0, 0.05) is 15.7 Å². The predicted octanol–water partition coefficient (Wildman–Crippen LogP) is 5.67. The van der Waals surface area contributed by atoms with Crippen LogP contribution in [-0.4, -0.2) is 11.1 Å². The Bertz CT molecular complexity index is 874. The maximum Gasteiger partial charge on any atom is 0.337 e. The number of rotatable bonds is 5. The molecule has 24 heavy (non-hydrogen) atoms. The molecule has 0 aliphatic heterocycles. The van der Waals surface area contributed by atoms with E-state index in [1.165, 1.54) is 6.07 Å². The maximum absolute atomic E-state index is 11.1. The fraction of sp³-hybridized carbons (Fsp3) is 0.0556. The average Bonchev–Trinajstić information content (AvgIpc) is 3.03. The summed E-state index contributed by atoms with van der Waals surface area (Å²) in [6.07, 6.45) is 0. The molecule has 0 spiro atoms. The van der Waals surface area contributed by atoms with Crippen molar-refractivity contribution in [3.8, 4) is 11.3 Å². The number of carboxylic acid groups (broad SMARTS) is 1. The van der Waals surface area contributed by atoms with Crippen molar-refractivity contribution in [1.29, 1.82) is 0 Å². The Balaban J connectivity index is 1.71. The summed E-state index contributed by atoms with van der Waals surface area (Å²) in [7, 11) is 0. The van der Waals surface area contributed by atoms with Gasteiger partial charge in [0.1, 0.15) is 11.5 Å². The lowest BCUT2D eigenvalue weighted by atomic mass is 10.2. The highest BCUT2D eigenvalue weighted by molar-refractivity contribution is 9.10. The van der Waals surface area contributed by atoms with Gasteiger partial charge in [-0.2, -0.15) is 0 Å². The molecule has 0 fully saturated rings. The number of halogens is 2. The van der Waals surface area contributed by atoms with Crippen LogP contribution >= 0.6 is 27.5 Å². The van der Waals surface area contributed by atoms with E-state index in [2.05, 4.69) is 21.2 Å². The van der Waals surface area contributed by atoms with Crippen molar-refractivity contribution in [3.05, 3.63) is 75.4 Å². The number of carboxylic acids is 1. The van der Waals surface area contributed by atoms with Gasteiger partial charge >= 0.3 is 5.97 Å². The Hall–Kier alpha value is -2.24. The van der Waals surface area contributed by atoms with Gasteiger partial charge in [-0.15, -0.1) is 0 Å². The number of anilines is 1. The van der Waals surface area contributed by atoms with Crippen LogP contribution in [-0.2, 0) is 6.54 Å². The third-order valence-corrected chi connectivity index (χ3v) is 4.31. The normalized spacial score (nSPS) is 10.6. The Labute approximate surface area is 152 Å². The van der Waals surface area contributed by atoms with Crippen LogP contribution in [0.25, 0.3) is 11.3 Å². The van der Waals surface area contributed by atoms with Gasteiger partial charge in [-0.25, -0.2) is 4.79 Å². The number of carbonyl (C=O) groups is 1. The standard InChI is InChI=1S/C18H13BrClNO3/c19-12-3-1-11(2-4-12)17-8-6-14(24-17)10-21-13-5-7-16(20)15(9-13)18(22)23/h1-9,21H,10H2,(H,22,23). The molecule has 0 radical (unpaired) electrons. The van der Waals surface area contributed by atoms with Gasteiger partial charge < -0.3 is 14.8 Å². The van der Waals surface area contributed by atoms with Crippen molar-refractivity contribution in [3.63, 3.8) is 0 Å². The van der Waals surface area contributed by atoms with E-state index in [0.29, 0.717) is 12.2 Å². The fourth-order valence-corrected chi connectivity index (χ4v) is 2.69. The van der Waals surface area contributed by atoms with Crippen molar-refractivity contribution in [2.75, 3.05) is 5.32 Å². The van der Waals surface area contributed by atoms with Gasteiger partial charge in [-0.1, -0.05) is 39.7 Å². The van der Waals surface area contributed by atoms with Crippen LogP contribution in [0.1, 0.15) is 16.1 Å². The second-order valence-corrected chi connectivity index (χ2v) is 6.45. The lowest BCUT2D eigenvalue weighted by Gasteiger charge is -2.07. The third kappa shape index (κ3) is 3.80. The molecule has 0 amide bonds. The molecule has 2 aromatic carbocycles. The minimum atomic E-state index is -1.06. The van der Waals surface area contributed by atoms with E-state index in [-0.39, 0.29) is 10.6 Å². The zero-order valence-corrected chi connectivity index (χ0v) is 14.8. The number of aromatic carboxylic acids is 1. The first-order valence-electron chi connectivity index (χ1n) is 7.14. The first-order chi connectivity index (χ1) is 11.5. The molecule has 3 rings (SSSR count). The molecule has 0 aliphatic rings. The fourth-order valence-electron chi connectivity index (χ4n) is 2.23. The molecule has 0 bridgehead atoms. The van der Waals surface area contributed by atoms with Gasteiger partial charge in [0.2, 0.25) is 0 Å². The summed E-state index contributed by atoms with van der Waals surface area (Å²) in [5, 5.41) is 12.4. The average molecular weight is 407 g/mol. The summed E-state index contributed by atoms with van der Waals surface area (Å²) in [5.41, 5.74) is 1.72. The number of furan rings is 1. The lowest BCUT2D eigenvalue weighted by molar-refractivity contribution is 0.0697. The van der Waals surface area contributed by atoms with E-state index in [4.69, 9.17) is 21.1 Å². The van der Waals surface area contributed by atoms with Crippen LogP contribution in [0.2, 0.25) is 5.02 Å². The monoisotopic (exact) mass is 405 g/mol. The summed E-state index contributed by atoms with van der Waals surface area (Å²) >= 11 is 9.26. The molecule has 0 unspecified atom stereocenters. The van der Waals surface area contributed by atoms with E-state index in [9.17, 15) is 4.79 Å². The lowest BCUT2D eigenvalue weighted by Crippen LogP contribution is -2.02. The van der Waals surface area contributed by atoms with E-state index in [0.717, 1.165) is 21.6 Å². The Kier molecular flexibility index (Phi) is 4.92. The topological polar surface area (TPSA) is 62.5 Å². The van der Waals surface area contributed by atoms with E-state index < -0.39 is 5.97 Å². The smallest absolute Gasteiger partial charge is 0.337 e. The van der Waals surface area contributed by atoms with Crippen LogP contribution in [0.5, 0.6) is 0 Å². The zero-order chi connectivity index (χ0) is 17.1. The molecule has 1 aromatic heterocycles. The molecule has 2 N–H and O–H groups in total. The summed E-state index contributed by atoms with van der Waals surface area (Å²) < 4.78 is 6.82. The second-order valence-electron chi connectivity index (χ2n) is 5.13. The number of benzene rings is 2. The van der Waals surface area contributed by atoms with E-state index in [1.54, 1.807) is 12.1 Å². The molecule has 4 nitrogen and oxygen atoms in total. The first kappa shape index (κ1) is 16.6. The first-order valence-corrected chi connectivity index (χ1v) is 8.31. The number of hydrogen-bond donors (Lipinski definition) is 2. The maximum atomic E-state index is 11.1. The number of hydrogen-bond acceptors (Lipinski definition) is 3. The second kappa shape index (κ2) is 7.11. The van der Waals surface area contributed by atoms with Crippen LogP contribution < -0.4 is 5.32 Å². The van der Waals surface area contributed by atoms with E-state index >= 15 is 0 Å². The molecule has 0 atom stereocenters. The minimum Gasteiger partial charge on any atom is -0.478 e. The largest absolute Gasteiger partial charge is 0.478 e. The van der Waals surface area contributed by atoms with Crippen molar-refractivity contribution in [2.24, 2.45) is 0 Å². The Morgan fingerprint density at radius 3 is 2.58 bits per heavy atom. The molecular formula is C18H13BrClNO3. The summed E-state index contributed by atoms with van der Waals surface area (Å²) in [4.78, 5) is 11.1. The van der Waals surface area contributed by atoms with Crippen LogP contribution in [0, 0.1) is 0 Å². The molecule has 0 saturated heterocycles. The molecule has 3 aromatic rings. The predicted molar refractivity (Wildman–Crippen MR) is 97.6 cm³/mol. The molecule has 0 aliphatic carbocycles. The molecular weight excluding hydrogens is 394 g/mol. The van der Waals surface area contributed by atoms with Gasteiger partial charge in [0.25, 0.3) is 0 Å². The molecule has 1 heterocycles. The molecule has 122 valence electrons. The highest BCUT2D eigenvalue weighted by Gasteiger charge is 2.10. The summed E-state index contributed by atoms with van der Waals surface area (Å²) in [6.45, 7) is 0.442. The van der Waals surface area contributed by atoms with Crippen molar-refractivity contribution < 1.29 is 14.3 Å². The third-order valence-electron chi connectivity index (χ3n) is 3.45. The zero-order valence-electron chi connectivity index (χ0n) is 12.4. The quantitative estimate of drug-likeness (QED) is 0.573. The van der Waals surface area contributed by atoms with Crippen molar-refractivity contribution in [2.45, 2.75) is 6.54 Å². The van der Waals surface area contributed by atoms with Gasteiger partial charge in [-0.05, 0) is 42.5 Å². The Morgan fingerprint density at radius 2 is 1.88 bits per heavy atom. The summed E-state index contributed by atoms with van der Waals surface area (Å²) in [5.74, 6) is 0.473. The number of nitrogens with one attached hydrogen (secondary N) is 1. The molecule has 6 heteroatoms. The van der Waals surface area contributed by atoms with Crippen LogP contribution in [0.4, 0.5) is 5.69 Å². The highest BCUT2D eigenvalue weighted by atomic mass is 79.9. The van der Waals surface area contributed by atoms with Gasteiger partial charge in [-0.3, -0.25) is 0 Å². The van der Waals surface area contributed by atoms with E-state index in [1.807, 2.05) is 36.4 Å². The Morgan fingerprint density at radius 1 is 1.12 bits per heavy atom. The van der Waals surface area contributed by atoms with Crippen molar-refractivity contribution >= 4 is 39.2 Å². The minimum absolute atomic E-state index is 0.0664. The van der Waals surface area contributed by atoms with Crippen molar-refractivity contribution in [1.82, 2.24) is 0 Å². The van der Waals surface area contributed by atoms with Gasteiger partial charge in [0.05, 0.1) is 17.1 Å². The van der Waals surface area contributed by atoms with Crippen LogP contribution in [0.15, 0.2) is 63.5 Å². The SMILES string of the molecule is O=C(O)c1cc(NCc2ccc(-c3ccc(Br)cc3)o2)ccc1Cl. The summed E-state index contributed by atoms with van der Waals surface area (Å²) in [6, 6.07) is 16.4. The molecule has 0 saturated carbocycles. The van der Waals surface area contributed by atoms with Crippen LogP contribution in [0.3, 0.4) is 0 Å². The highest BCUT2D eigenvalue weighted by Crippen LogP contribution is 2.25. The van der Waals surface area contributed by atoms with Gasteiger partial charge in [0.15, 0.2) is 0 Å².